The van der Waals surface area contributed by atoms with Crippen LogP contribution in [-0.4, -0.2) is 55.1 Å². The lowest BCUT2D eigenvalue weighted by atomic mass is 9.91. The van der Waals surface area contributed by atoms with Gasteiger partial charge in [0.1, 0.15) is 0 Å². The molecule has 0 atom stereocenters. The first-order chi connectivity index (χ1) is 5.07. The van der Waals surface area contributed by atoms with E-state index in [0.29, 0.717) is 0 Å². The van der Waals surface area contributed by atoms with E-state index in [-0.39, 0.29) is 18.9 Å². The molecule has 64 valence electrons. The van der Waals surface area contributed by atoms with Gasteiger partial charge < -0.3 is 20.3 Å². The second kappa shape index (κ2) is 5.12. The minimum atomic E-state index is -1.46. The summed E-state index contributed by atoms with van der Waals surface area (Å²) in [5, 5.41) is 19.6. The van der Waals surface area contributed by atoms with Gasteiger partial charge in [0.25, 0.3) is 0 Å². The van der Waals surface area contributed by atoms with Gasteiger partial charge in [0.05, 0.1) is 13.0 Å². The highest BCUT2D eigenvalue weighted by molar-refractivity contribution is 6.41. The molecule has 0 aliphatic rings. The van der Waals surface area contributed by atoms with Crippen molar-refractivity contribution < 1.29 is 14.8 Å². The Morgan fingerprint density at radius 1 is 1.64 bits per heavy atom. The first-order valence-electron chi connectivity index (χ1n) is 3.32. The summed E-state index contributed by atoms with van der Waals surface area (Å²) in [6.07, 6.45) is -0.0550. The maximum atomic E-state index is 10.9. The molecule has 1 amide bonds. The summed E-state index contributed by atoms with van der Waals surface area (Å²) in [6.45, 7) is 0.212. The van der Waals surface area contributed by atoms with Crippen molar-refractivity contribution >= 4 is 13.0 Å². The number of carbonyl (C=O) groups is 1. The predicted octanol–water partition coefficient (Wildman–Crippen LogP) is -2.32. The topological polar surface area (TPSA) is 72.8 Å². The van der Waals surface area contributed by atoms with Crippen LogP contribution in [-0.2, 0) is 4.79 Å². The van der Waals surface area contributed by atoms with E-state index in [1.54, 1.807) is 7.05 Å². The van der Waals surface area contributed by atoms with Crippen molar-refractivity contribution in [2.24, 2.45) is 0 Å². The fourth-order valence-electron chi connectivity index (χ4n) is 0.633. The van der Waals surface area contributed by atoms with E-state index >= 15 is 0 Å². The van der Waals surface area contributed by atoms with Crippen LogP contribution in [0, 0.1) is 0 Å². The molecule has 0 aromatic carbocycles. The molecule has 0 aliphatic heterocycles. The summed E-state index contributed by atoms with van der Waals surface area (Å²) >= 11 is 0. The standard InChI is InChI=1S/C5H13BN2O3/c1-7-3-5(9)8(2)4-6(10)11/h7,10-11H,3-4H2,1-2H3. The highest BCUT2D eigenvalue weighted by atomic mass is 16.4. The van der Waals surface area contributed by atoms with Crippen LogP contribution in [0.4, 0.5) is 0 Å². The van der Waals surface area contributed by atoms with Crippen molar-refractivity contribution in [3.05, 3.63) is 0 Å². The van der Waals surface area contributed by atoms with Gasteiger partial charge in [-0.05, 0) is 7.05 Å². The van der Waals surface area contributed by atoms with E-state index in [0.717, 1.165) is 0 Å². The van der Waals surface area contributed by atoms with Crippen LogP contribution in [0.15, 0.2) is 0 Å². The quantitative estimate of drug-likeness (QED) is 0.403. The smallest absolute Gasteiger partial charge is 0.426 e. The van der Waals surface area contributed by atoms with Gasteiger partial charge in [-0.25, -0.2) is 0 Å². The van der Waals surface area contributed by atoms with Gasteiger partial charge >= 0.3 is 7.12 Å². The lowest BCUT2D eigenvalue weighted by Crippen LogP contribution is -2.40. The summed E-state index contributed by atoms with van der Waals surface area (Å²) in [4.78, 5) is 12.2. The summed E-state index contributed by atoms with van der Waals surface area (Å²) in [7, 11) is 1.71. The fourth-order valence-corrected chi connectivity index (χ4v) is 0.633. The van der Waals surface area contributed by atoms with Gasteiger partial charge in [0, 0.05) is 7.05 Å². The normalized spacial score (nSPS) is 9.45. The van der Waals surface area contributed by atoms with Crippen LogP contribution in [0.5, 0.6) is 0 Å². The molecule has 0 rings (SSSR count). The molecule has 0 heterocycles. The maximum Gasteiger partial charge on any atom is 0.472 e. The van der Waals surface area contributed by atoms with Gasteiger partial charge in [0.15, 0.2) is 0 Å². The number of carbonyl (C=O) groups excluding carboxylic acids is 1. The molecular formula is C5H13BN2O3. The lowest BCUT2D eigenvalue weighted by Gasteiger charge is -2.15. The van der Waals surface area contributed by atoms with Crippen LogP contribution in [0.25, 0.3) is 0 Å². The second-order valence-corrected chi connectivity index (χ2v) is 2.29. The Morgan fingerprint density at radius 2 is 2.18 bits per heavy atom. The largest absolute Gasteiger partial charge is 0.472 e. The first kappa shape index (κ1) is 10.4. The zero-order chi connectivity index (χ0) is 8.85. The highest BCUT2D eigenvalue weighted by Gasteiger charge is 2.14. The Morgan fingerprint density at radius 3 is 2.55 bits per heavy atom. The first-order valence-corrected chi connectivity index (χ1v) is 3.32. The number of rotatable bonds is 4. The van der Waals surface area contributed by atoms with Gasteiger partial charge in [-0.3, -0.25) is 4.79 Å². The van der Waals surface area contributed by atoms with Gasteiger partial charge in [-0.1, -0.05) is 0 Å². The number of nitrogens with zero attached hydrogens (tertiary/aromatic N) is 1. The number of hydrogen-bond donors (Lipinski definition) is 3. The summed E-state index contributed by atoms with van der Waals surface area (Å²) in [5.41, 5.74) is 0. The van der Waals surface area contributed by atoms with Gasteiger partial charge in [-0.2, -0.15) is 0 Å². The average Bonchev–Trinajstić information content (AvgIpc) is 1.86. The summed E-state index contributed by atoms with van der Waals surface area (Å²) in [5.74, 6) is -0.166. The predicted molar refractivity (Wildman–Crippen MR) is 41.8 cm³/mol. The zero-order valence-corrected chi connectivity index (χ0v) is 6.74. The number of nitrogens with one attached hydrogen (secondary N) is 1. The molecule has 0 aromatic rings. The van der Waals surface area contributed by atoms with Crippen molar-refractivity contribution in [2.75, 3.05) is 27.1 Å². The van der Waals surface area contributed by atoms with E-state index in [4.69, 9.17) is 10.0 Å². The van der Waals surface area contributed by atoms with Crippen LogP contribution >= 0.6 is 0 Å². The number of amides is 1. The molecule has 11 heavy (non-hydrogen) atoms. The Bertz CT molecular complexity index is 131. The third-order valence-corrected chi connectivity index (χ3v) is 1.19. The minimum absolute atomic E-state index is 0.0550. The second-order valence-electron chi connectivity index (χ2n) is 2.29. The fraction of sp³-hybridized carbons (Fsp3) is 0.800. The molecule has 0 fully saturated rings. The summed E-state index contributed by atoms with van der Waals surface area (Å²) in [6, 6.07) is 0. The molecule has 0 aromatic heterocycles. The van der Waals surface area contributed by atoms with Crippen LogP contribution < -0.4 is 5.32 Å². The SMILES string of the molecule is CNCC(=O)N(C)CB(O)O. The molecule has 5 nitrogen and oxygen atoms in total. The summed E-state index contributed by atoms with van der Waals surface area (Å²) < 4.78 is 0. The Hall–Kier alpha value is -0.585. The van der Waals surface area contributed by atoms with Crippen molar-refractivity contribution in [2.45, 2.75) is 0 Å². The van der Waals surface area contributed by atoms with Gasteiger partial charge in [-0.15, -0.1) is 0 Å². The molecule has 0 saturated carbocycles. The Kier molecular flexibility index (Phi) is 4.84. The van der Waals surface area contributed by atoms with Crippen molar-refractivity contribution in [3.8, 4) is 0 Å². The van der Waals surface area contributed by atoms with Crippen molar-refractivity contribution in [3.63, 3.8) is 0 Å². The molecular weight excluding hydrogens is 147 g/mol. The minimum Gasteiger partial charge on any atom is -0.426 e. The molecule has 6 heteroatoms. The maximum absolute atomic E-state index is 10.9. The number of likely N-dealkylation sites (N-methyl/N-ethyl adjacent to an activating group) is 2. The van der Waals surface area contributed by atoms with Crippen LogP contribution in [0.2, 0.25) is 0 Å². The van der Waals surface area contributed by atoms with E-state index in [2.05, 4.69) is 5.32 Å². The molecule has 0 saturated heterocycles. The zero-order valence-electron chi connectivity index (χ0n) is 6.74. The Balaban J connectivity index is 3.64. The molecule has 0 bridgehead atoms. The van der Waals surface area contributed by atoms with E-state index in [1.807, 2.05) is 0 Å². The third kappa shape index (κ3) is 4.77. The average molecular weight is 160 g/mol. The molecule has 0 radical (unpaired) electrons. The van der Waals surface area contributed by atoms with E-state index in [1.165, 1.54) is 11.9 Å². The van der Waals surface area contributed by atoms with Crippen LogP contribution in [0.1, 0.15) is 0 Å². The molecule has 0 spiro atoms. The van der Waals surface area contributed by atoms with Crippen molar-refractivity contribution in [1.29, 1.82) is 0 Å². The molecule has 0 unspecified atom stereocenters. The molecule has 3 N–H and O–H groups in total. The highest BCUT2D eigenvalue weighted by Crippen LogP contribution is 1.83. The monoisotopic (exact) mass is 160 g/mol. The molecule has 0 aliphatic carbocycles. The lowest BCUT2D eigenvalue weighted by molar-refractivity contribution is -0.128. The van der Waals surface area contributed by atoms with E-state index < -0.39 is 7.12 Å². The third-order valence-electron chi connectivity index (χ3n) is 1.19. The van der Waals surface area contributed by atoms with Gasteiger partial charge in [0.2, 0.25) is 5.91 Å². The van der Waals surface area contributed by atoms with E-state index in [9.17, 15) is 4.79 Å². The van der Waals surface area contributed by atoms with Crippen LogP contribution in [0.3, 0.4) is 0 Å². The number of hydrogen-bond acceptors (Lipinski definition) is 4. The van der Waals surface area contributed by atoms with Crippen molar-refractivity contribution in [1.82, 2.24) is 10.2 Å². The Labute approximate surface area is 66.2 Å².